The molecule has 1 saturated carbocycles. The van der Waals surface area contributed by atoms with Crippen molar-refractivity contribution in [3.05, 3.63) is 35.9 Å². The Morgan fingerprint density at radius 3 is 2.68 bits per heavy atom. The molecular formula is C18H27NO2S. The predicted molar refractivity (Wildman–Crippen MR) is 92.9 cm³/mol. The summed E-state index contributed by atoms with van der Waals surface area (Å²) in [4.78, 5) is 12.3. The van der Waals surface area contributed by atoms with Gasteiger partial charge in [-0.15, -0.1) is 11.8 Å². The molecule has 0 spiro atoms. The van der Waals surface area contributed by atoms with E-state index in [2.05, 4.69) is 12.2 Å². The first kappa shape index (κ1) is 17.4. The van der Waals surface area contributed by atoms with E-state index in [9.17, 15) is 9.90 Å². The van der Waals surface area contributed by atoms with E-state index in [1.807, 2.05) is 37.3 Å². The third kappa shape index (κ3) is 5.03. The Kier molecular flexibility index (Phi) is 6.77. The number of amides is 1. The van der Waals surface area contributed by atoms with E-state index in [4.69, 9.17) is 0 Å². The minimum absolute atomic E-state index is 0.101. The molecule has 0 radical (unpaired) electrons. The maximum atomic E-state index is 12.3. The topological polar surface area (TPSA) is 49.3 Å². The van der Waals surface area contributed by atoms with Gasteiger partial charge in [0.1, 0.15) is 0 Å². The largest absolute Gasteiger partial charge is 0.388 e. The molecule has 0 aliphatic heterocycles. The summed E-state index contributed by atoms with van der Waals surface area (Å²) in [6.45, 7) is 4.15. The third-order valence-electron chi connectivity index (χ3n) is 4.50. The van der Waals surface area contributed by atoms with E-state index in [1.165, 1.54) is 31.0 Å². The van der Waals surface area contributed by atoms with Gasteiger partial charge in [-0.05, 0) is 31.2 Å². The molecule has 2 rings (SSSR count). The van der Waals surface area contributed by atoms with Crippen LogP contribution in [0.15, 0.2) is 30.3 Å². The Hall–Kier alpha value is -1.00. The second-order valence-corrected chi connectivity index (χ2v) is 7.65. The van der Waals surface area contributed by atoms with Crippen molar-refractivity contribution in [3.8, 4) is 0 Å². The summed E-state index contributed by atoms with van der Waals surface area (Å²) < 4.78 is 0. The van der Waals surface area contributed by atoms with E-state index < -0.39 is 6.10 Å². The highest BCUT2D eigenvalue weighted by molar-refractivity contribution is 8.00. The normalized spacial score (nSPS) is 24.5. The van der Waals surface area contributed by atoms with Gasteiger partial charge in [0.05, 0.1) is 11.4 Å². The van der Waals surface area contributed by atoms with Crippen molar-refractivity contribution in [1.82, 2.24) is 5.32 Å². The van der Waals surface area contributed by atoms with Crippen LogP contribution >= 0.6 is 11.8 Å². The summed E-state index contributed by atoms with van der Waals surface area (Å²) >= 11 is 1.52. The van der Waals surface area contributed by atoms with Crippen LogP contribution in [0.25, 0.3) is 0 Å². The van der Waals surface area contributed by atoms with Gasteiger partial charge in [0.15, 0.2) is 0 Å². The number of carbonyl (C=O) groups excluding carboxylic acids is 1. The van der Waals surface area contributed by atoms with Crippen LogP contribution in [0.2, 0.25) is 0 Å². The Balaban J connectivity index is 1.76. The number of hydrogen-bond acceptors (Lipinski definition) is 3. The third-order valence-corrected chi connectivity index (χ3v) is 5.72. The van der Waals surface area contributed by atoms with Crippen LogP contribution in [-0.2, 0) is 4.79 Å². The minimum Gasteiger partial charge on any atom is -0.388 e. The molecule has 3 nitrogen and oxygen atoms in total. The van der Waals surface area contributed by atoms with E-state index in [0.29, 0.717) is 17.7 Å². The number of rotatable bonds is 6. The van der Waals surface area contributed by atoms with Crippen molar-refractivity contribution >= 4 is 17.7 Å². The van der Waals surface area contributed by atoms with Crippen LogP contribution in [0.4, 0.5) is 0 Å². The Morgan fingerprint density at radius 1 is 1.32 bits per heavy atom. The first-order valence-corrected chi connectivity index (χ1v) is 9.27. The summed E-state index contributed by atoms with van der Waals surface area (Å²) in [6.07, 6.45) is 4.27. The summed E-state index contributed by atoms with van der Waals surface area (Å²) in [5.41, 5.74) is 0.906. The molecule has 1 aliphatic carbocycles. The summed E-state index contributed by atoms with van der Waals surface area (Å²) in [5, 5.41) is 13.2. The fourth-order valence-electron chi connectivity index (χ4n) is 2.91. The van der Waals surface area contributed by atoms with E-state index >= 15 is 0 Å². The lowest BCUT2D eigenvalue weighted by molar-refractivity contribution is -0.121. The monoisotopic (exact) mass is 321 g/mol. The highest BCUT2D eigenvalue weighted by Gasteiger charge is 2.25. The highest BCUT2D eigenvalue weighted by Crippen LogP contribution is 2.25. The summed E-state index contributed by atoms with van der Waals surface area (Å²) in [6, 6.07) is 9.93. The average molecular weight is 321 g/mol. The Morgan fingerprint density at radius 2 is 2.00 bits per heavy atom. The van der Waals surface area contributed by atoms with Crippen LogP contribution < -0.4 is 5.32 Å². The first-order chi connectivity index (χ1) is 10.6. The van der Waals surface area contributed by atoms with Gasteiger partial charge in [-0.25, -0.2) is 0 Å². The molecule has 22 heavy (non-hydrogen) atoms. The molecule has 1 amide bonds. The molecule has 0 bridgehead atoms. The molecular weight excluding hydrogens is 294 g/mol. The van der Waals surface area contributed by atoms with Crippen molar-refractivity contribution in [2.45, 2.75) is 56.9 Å². The van der Waals surface area contributed by atoms with Crippen LogP contribution in [0.3, 0.4) is 0 Å². The maximum Gasteiger partial charge on any atom is 0.233 e. The lowest BCUT2D eigenvalue weighted by Crippen LogP contribution is -2.44. The molecule has 2 N–H and O–H groups in total. The average Bonchev–Trinajstić information content (AvgIpc) is 2.55. The van der Waals surface area contributed by atoms with Crippen LogP contribution in [0, 0.1) is 5.92 Å². The second kappa shape index (κ2) is 8.59. The number of nitrogens with one attached hydrogen (secondary N) is 1. The van der Waals surface area contributed by atoms with Gasteiger partial charge in [-0.1, -0.05) is 50.1 Å². The molecule has 1 aromatic rings. The van der Waals surface area contributed by atoms with Gasteiger partial charge in [0.2, 0.25) is 5.91 Å². The van der Waals surface area contributed by atoms with E-state index in [-0.39, 0.29) is 11.2 Å². The number of aliphatic hydroxyl groups is 1. The minimum atomic E-state index is -0.518. The number of hydrogen-bond donors (Lipinski definition) is 2. The SMILES string of the molecule is CC(SCC(O)c1ccccc1)C(=O)NC1CCCCC1C. The summed E-state index contributed by atoms with van der Waals surface area (Å²) in [5.74, 6) is 1.22. The van der Waals surface area contributed by atoms with Crippen molar-refractivity contribution in [3.63, 3.8) is 0 Å². The fourth-order valence-corrected chi connectivity index (χ4v) is 3.80. The van der Waals surface area contributed by atoms with Gasteiger partial charge in [0.25, 0.3) is 0 Å². The zero-order valence-electron chi connectivity index (χ0n) is 13.5. The van der Waals surface area contributed by atoms with Gasteiger partial charge in [-0.2, -0.15) is 0 Å². The highest BCUT2D eigenvalue weighted by atomic mass is 32.2. The molecule has 122 valence electrons. The Bertz CT molecular complexity index is 465. The standard InChI is InChI=1S/C18H27NO2S/c1-13-8-6-7-11-16(13)19-18(21)14(2)22-12-17(20)15-9-4-3-5-10-15/h3-5,9-10,13-14,16-17,20H,6-8,11-12H2,1-2H3,(H,19,21). The van der Waals surface area contributed by atoms with E-state index in [1.54, 1.807) is 0 Å². The molecule has 4 heteroatoms. The van der Waals surface area contributed by atoms with Gasteiger partial charge >= 0.3 is 0 Å². The maximum absolute atomic E-state index is 12.3. The van der Waals surface area contributed by atoms with Crippen molar-refractivity contribution in [2.75, 3.05) is 5.75 Å². The number of thioether (sulfide) groups is 1. The van der Waals surface area contributed by atoms with Gasteiger partial charge in [-0.3, -0.25) is 4.79 Å². The van der Waals surface area contributed by atoms with Gasteiger partial charge < -0.3 is 10.4 Å². The number of carbonyl (C=O) groups is 1. The molecule has 4 unspecified atom stereocenters. The lowest BCUT2D eigenvalue weighted by atomic mass is 9.86. The Labute approximate surface area is 137 Å². The lowest BCUT2D eigenvalue weighted by Gasteiger charge is -2.30. The smallest absolute Gasteiger partial charge is 0.233 e. The predicted octanol–water partition coefficient (Wildman–Crippen LogP) is 3.54. The fraction of sp³-hybridized carbons (Fsp3) is 0.611. The molecule has 1 aliphatic rings. The van der Waals surface area contributed by atoms with Crippen LogP contribution in [0.1, 0.15) is 51.2 Å². The molecule has 0 aromatic heterocycles. The van der Waals surface area contributed by atoms with Crippen LogP contribution in [-0.4, -0.2) is 28.1 Å². The number of aliphatic hydroxyl groups excluding tert-OH is 1. The van der Waals surface area contributed by atoms with Crippen molar-refractivity contribution < 1.29 is 9.90 Å². The quantitative estimate of drug-likeness (QED) is 0.842. The molecule has 1 aromatic carbocycles. The van der Waals surface area contributed by atoms with Crippen LogP contribution in [0.5, 0.6) is 0 Å². The van der Waals surface area contributed by atoms with Crippen molar-refractivity contribution in [2.24, 2.45) is 5.92 Å². The first-order valence-electron chi connectivity index (χ1n) is 8.23. The van der Waals surface area contributed by atoms with E-state index in [0.717, 1.165) is 12.0 Å². The summed E-state index contributed by atoms with van der Waals surface area (Å²) in [7, 11) is 0. The molecule has 0 saturated heterocycles. The second-order valence-electron chi connectivity index (χ2n) is 6.28. The molecule has 1 fully saturated rings. The molecule has 4 atom stereocenters. The van der Waals surface area contributed by atoms with Crippen molar-refractivity contribution in [1.29, 1.82) is 0 Å². The zero-order chi connectivity index (χ0) is 15.9. The number of benzene rings is 1. The molecule has 0 heterocycles. The zero-order valence-corrected chi connectivity index (χ0v) is 14.3. The van der Waals surface area contributed by atoms with Gasteiger partial charge in [0, 0.05) is 11.8 Å².